The lowest BCUT2D eigenvalue weighted by Gasteiger charge is -2.05. The van der Waals surface area contributed by atoms with Gasteiger partial charge in [0.15, 0.2) is 0 Å². The molecule has 0 atom stereocenters. The summed E-state index contributed by atoms with van der Waals surface area (Å²) >= 11 is 3.29. The number of aryl methyl sites for hydroxylation is 1. The van der Waals surface area contributed by atoms with Gasteiger partial charge in [-0.3, -0.25) is 14.2 Å². The number of carbonyl (C=O) groups excluding carboxylic acids is 1. The van der Waals surface area contributed by atoms with Crippen molar-refractivity contribution in [1.29, 1.82) is 0 Å². The molecule has 2 aromatic heterocycles. The number of hydrogen-bond acceptors (Lipinski definition) is 3. The minimum Gasteiger partial charge on any atom is -0.350 e. The highest BCUT2D eigenvalue weighted by Crippen LogP contribution is 2.07. The van der Waals surface area contributed by atoms with E-state index < -0.39 is 0 Å². The van der Waals surface area contributed by atoms with E-state index >= 15 is 0 Å². The van der Waals surface area contributed by atoms with E-state index in [1.807, 2.05) is 18.5 Å². The first kappa shape index (κ1) is 13.8. The van der Waals surface area contributed by atoms with Gasteiger partial charge >= 0.3 is 0 Å². The first-order valence-corrected chi connectivity index (χ1v) is 6.85. The number of hydrogen-bond donors (Lipinski definition) is 1. The van der Waals surface area contributed by atoms with Crippen molar-refractivity contribution in [2.45, 2.75) is 33.5 Å². The van der Waals surface area contributed by atoms with Gasteiger partial charge in [0.05, 0.1) is 16.9 Å². The topological polar surface area (TPSA) is 64.7 Å². The van der Waals surface area contributed by atoms with E-state index in [9.17, 15) is 4.79 Å². The maximum Gasteiger partial charge on any atom is 0.242 e. The lowest BCUT2D eigenvalue weighted by molar-refractivity contribution is -0.122. The summed E-state index contributed by atoms with van der Waals surface area (Å²) in [5, 5.41) is 11.1. The van der Waals surface area contributed by atoms with Gasteiger partial charge in [0, 0.05) is 30.5 Å². The van der Waals surface area contributed by atoms with Crippen LogP contribution in [0.1, 0.15) is 18.2 Å². The number of nitrogens with zero attached hydrogens (tertiary/aromatic N) is 4. The van der Waals surface area contributed by atoms with Gasteiger partial charge in [0.25, 0.3) is 0 Å². The summed E-state index contributed by atoms with van der Waals surface area (Å²) in [5.41, 5.74) is 2.13. The van der Waals surface area contributed by atoms with Crippen LogP contribution in [-0.4, -0.2) is 25.5 Å². The molecule has 2 aromatic rings. The van der Waals surface area contributed by atoms with E-state index in [1.54, 1.807) is 23.3 Å². The third-order valence-electron chi connectivity index (χ3n) is 2.89. The molecule has 7 heteroatoms. The molecular formula is C12H16BrN5O. The minimum atomic E-state index is -0.0701. The third-order valence-corrected chi connectivity index (χ3v) is 3.30. The summed E-state index contributed by atoms with van der Waals surface area (Å²) in [7, 11) is 0. The number of nitrogens with one attached hydrogen (secondary N) is 1. The highest BCUT2D eigenvalue weighted by molar-refractivity contribution is 9.10. The summed E-state index contributed by atoms with van der Waals surface area (Å²) < 4.78 is 4.36. The molecule has 0 aliphatic carbocycles. The van der Waals surface area contributed by atoms with Gasteiger partial charge in [-0.2, -0.15) is 10.2 Å². The van der Waals surface area contributed by atoms with Crippen LogP contribution < -0.4 is 5.32 Å². The molecule has 0 radical (unpaired) electrons. The van der Waals surface area contributed by atoms with E-state index in [0.717, 1.165) is 22.3 Å². The highest BCUT2D eigenvalue weighted by Gasteiger charge is 2.08. The van der Waals surface area contributed by atoms with E-state index in [0.29, 0.717) is 6.54 Å². The fourth-order valence-corrected chi connectivity index (χ4v) is 2.13. The molecule has 0 aliphatic rings. The Balaban J connectivity index is 1.88. The molecule has 102 valence electrons. The van der Waals surface area contributed by atoms with Gasteiger partial charge in [0.2, 0.25) is 5.91 Å². The summed E-state index contributed by atoms with van der Waals surface area (Å²) in [5.74, 6) is -0.0701. The van der Waals surface area contributed by atoms with Crippen molar-refractivity contribution in [1.82, 2.24) is 24.9 Å². The highest BCUT2D eigenvalue weighted by atomic mass is 79.9. The Morgan fingerprint density at radius 3 is 2.79 bits per heavy atom. The van der Waals surface area contributed by atoms with Crippen molar-refractivity contribution in [2.75, 3.05) is 0 Å². The van der Waals surface area contributed by atoms with Crippen molar-refractivity contribution < 1.29 is 4.79 Å². The lowest BCUT2D eigenvalue weighted by atomic mass is 10.2. The Hall–Kier alpha value is -1.63. The quantitative estimate of drug-likeness (QED) is 0.905. The van der Waals surface area contributed by atoms with Crippen LogP contribution in [0, 0.1) is 6.92 Å². The number of rotatable bonds is 5. The Kier molecular flexibility index (Phi) is 4.36. The largest absolute Gasteiger partial charge is 0.350 e. The number of amides is 1. The predicted octanol–water partition coefficient (Wildman–Crippen LogP) is 1.49. The van der Waals surface area contributed by atoms with Crippen LogP contribution in [0.5, 0.6) is 0 Å². The fraction of sp³-hybridized carbons (Fsp3) is 0.417. The van der Waals surface area contributed by atoms with E-state index in [1.165, 1.54) is 0 Å². The molecule has 0 bridgehead atoms. The first-order chi connectivity index (χ1) is 9.10. The first-order valence-electron chi connectivity index (χ1n) is 6.06. The molecule has 0 spiro atoms. The molecule has 0 aliphatic heterocycles. The van der Waals surface area contributed by atoms with Crippen LogP contribution >= 0.6 is 15.9 Å². The van der Waals surface area contributed by atoms with Gasteiger partial charge in [-0.1, -0.05) is 0 Å². The summed E-state index contributed by atoms with van der Waals surface area (Å²) in [4.78, 5) is 11.8. The summed E-state index contributed by atoms with van der Waals surface area (Å²) in [6, 6.07) is 0. The molecule has 6 nitrogen and oxygen atoms in total. The predicted molar refractivity (Wildman–Crippen MR) is 74.4 cm³/mol. The smallest absolute Gasteiger partial charge is 0.242 e. The van der Waals surface area contributed by atoms with E-state index in [-0.39, 0.29) is 12.5 Å². The molecule has 0 saturated carbocycles. The van der Waals surface area contributed by atoms with Gasteiger partial charge in [-0.05, 0) is 29.8 Å². The molecule has 0 fully saturated rings. The molecule has 0 aromatic carbocycles. The van der Waals surface area contributed by atoms with Crippen LogP contribution in [0.15, 0.2) is 23.1 Å². The Morgan fingerprint density at radius 2 is 2.21 bits per heavy atom. The molecule has 2 heterocycles. The molecule has 0 saturated heterocycles. The van der Waals surface area contributed by atoms with Crippen molar-refractivity contribution in [3.63, 3.8) is 0 Å². The zero-order valence-corrected chi connectivity index (χ0v) is 12.5. The average Bonchev–Trinajstić information content (AvgIpc) is 2.93. The molecular weight excluding hydrogens is 310 g/mol. The lowest BCUT2D eigenvalue weighted by Crippen LogP contribution is -2.27. The van der Waals surface area contributed by atoms with Crippen molar-refractivity contribution in [2.24, 2.45) is 0 Å². The standard InChI is InChI=1S/C12H16BrN5O/c1-3-18-9(2)10(5-16-18)4-14-12(19)8-17-7-11(13)6-15-17/h5-7H,3-4,8H2,1-2H3,(H,14,19). The maximum absolute atomic E-state index is 11.8. The van der Waals surface area contributed by atoms with Gasteiger partial charge < -0.3 is 5.32 Å². The Bertz CT molecular complexity index is 574. The second-order valence-corrected chi connectivity index (χ2v) is 5.12. The fourth-order valence-electron chi connectivity index (χ4n) is 1.80. The second kappa shape index (κ2) is 6.01. The number of halogens is 1. The van der Waals surface area contributed by atoms with Gasteiger partial charge in [-0.25, -0.2) is 0 Å². The van der Waals surface area contributed by atoms with Crippen LogP contribution in [0.25, 0.3) is 0 Å². The van der Waals surface area contributed by atoms with Crippen molar-refractivity contribution in [3.8, 4) is 0 Å². The zero-order valence-electron chi connectivity index (χ0n) is 10.9. The molecule has 1 amide bonds. The second-order valence-electron chi connectivity index (χ2n) is 4.20. The SMILES string of the molecule is CCn1ncc(CNC(=O)Cn2cc(Br)cn2)c1C. The zero-order chi connectivity index (χ0) is 13.8. The normalized spacial score (nSPS) is 10.7. The van der Waals surface area contributed by atoms with Crippen LogP contribution in [0.2, 0.25) is 0 Å². The molecule has 1 N–H and O–H groups in total. The average molecular weight is 326 g/mol. The molecule has 2 rings (SSSR count). The monoisotopic (exact) mass is 325 g/mol. The van der Waals surface area contributed by atoms with Gasteiger partial charge in [-0.15, -0.1) is 0 Å². The van der Waals surface area contributed by atoms with Gasteiger partial charge in [0.1, 0.15) is 6.54 Å². The summed E-state index contributed by atoms with van der Waals surface area (Å²) in [6.45, 7) is 5.58. The van der Waals surface area contributed by atoms with E-state index in [4.69, 9.17) is 0 Å². The number of aromatic nitrogens is 4. The summed E-state index contributed by atoms with van der Waals surface area (Å²) in [6.07, 6.45) is 5.21. The Morgan fingerprint density at radius 1 is 1.42 bits per heavy atom. The van der Waals surface area contributed by atoms with Crippen molar-refractivity contribution in [3.05, 3.63) is 34.3 Å². The molecule has 19 heavy (non-hydrogen) atoms. The van der Waals surface area contributed by atoms with Crippen LogP contribution in [0.4, 0.5) is 0 Å². The van der Waals surface area contributed by atoms with Crippen molar-refractivity contribution >= 4 is 21.8 Å². The third kappa shape index (κ3) is 3.44. The molecule has 0 unspecified atom stereocenters. The van der Waals surface area contributed by atoms with Crippen LogP contribution in [0.3, 0.4) is 0 Å². The maximum atomic E-state index is 11.8. The van der Waals surface area contributed by atoms with Crippen LogP contribution in [-0.2, 0) is 24.4 Å². The Labute approximate surface area is 119 Å². The van der Waals surface area contributed by atoms with E-state index in [2.05, 4.69) is 31.4 Å². The minimum absolute atomic E-state index is 0.0701. The number of carbonyl (C=O) groups is 1.